The van der Waals surface area contributed by atoms with Crippen molar-refractivity contribution in [3.63, 3.8) is 0 Å². The number of amides is 1. The summed E-state index contributed by atoms with van der Waals surface area (Å²) in [7, 11) is 3.49. The third kappa shape index (κ3) is 5.33. The van der Waals surface area contributed by atoms with Crippen LogP contribution in [0.4, 0.5) is 5.69 Å². The van der Waals surface area contributed by atoms with Crippen molar-refractivity contribution in [3.8, 4) is 11.5 Å². The molecule has 3 aromatic rings. The van der Waals surface area contributed by atoms with E-state index >= 15 is 0 Å². The molecule has 0 saturated carbocycles. The highest BCUT2D eigenvalue weighted by molar-refractivity contribution is 7.99. The van der Waals surface area contributed by atoms with E-state index in [-0.39, 0.29) is 17.8 Å². The number of aryl methyl sites for hydroxylation is 2. The van der Waals surface area contributed by atoms with E-state index in [0.29, 0.717) is 16.7 Å². The molecule has 2 aromatic carbocycles. The Morgan fingerprint density at radius 2 is 1.80 bits per heavy atom. The van der Waals surface area contributed by atoms with E-state index in [1.807, 2.05) is 74.9 Å². The van der Waals surface area contributed by atoms with Gasteiger partial charge in [-0.25, -0.2) is 0 Å². The molecular formula is C22H26N4O3S. The minimum absolute atomic E-state index is 0.0877. The van der Waals surface area contributed by atoms with Gasteiger partial charge in [0.1, 0.15) is 11.5 Å². The summed E-state index contributed by atoms with van der Waals surface area (Å²) in [6, 6.07) is 13.2. The van der Waals surface area contributed by atoms with Crippen LogP contribution in [0.15, 0.2) is 47.6 Å². The van der Waals surface area contributed by atoms with E-state index in [2.05, 4.69) is 15.5 Å². The first-order chi connectivity index (χ1) is 14.4. The predicted octanol–water partition coefficient (Wildman–Crippen LogP) is 4.31. The lowest BCUT2D eigenvalue weighted by Crippen LogP contribution is -2.15. The fraction of sp³-hybridized carbons (Fsp3) is 0.318. The Balaban J connectivity index is 1.57. The van der Waals surface area contributed by atoms with Crippen molar-refractivity contribution >= 4 is 23.4 Å². The summed E-state index contributed by atoms with van der Waals surface area (Å²) in [6.45, 7) is 5.98. The number of methoxy groups -OCH3 is 1. The minimum atomic E-state index is -0.297. The molecule has 1 heterocycles. The summed E-state index contributed by atoms with van der Waals surface area (Å²) in [6.07, 6.45) is -0.297. The first kappa shape index (κ1) is 21.7. The monoisotopic (exact) mass is 426 g/mol. The topological polar surface area (TPSA) is 78.3 Å². The maximum Gasteiger partial charge on any atom is 0.234 e. The Morgan fingerprint density at radius 3 is 2.47 bits per heavy atom. The van der Waals surface area contributed by atoms with Crippen LogP contribution in [0.25, 0.3) is 0 Å². The first-order valence-electron chi connectivity index (χ1n) is 9.57. The normalized spacial score (nSPS) is 11.8. The predicted molar refractivity (Wildman–Crippen MR) is 118 cm³/mol. The molecule has 1 unspecified atom stereocenters. The molecule has 1 amide bonds. The number of nitrogens with zero attached hydrogens (tertiary/aromatic N) is 3. The molecule has 3 rings (SSSR count). The number of benzene rings is 2. The highest BCUT2D eigenvalue weighted by Gasteiger charge is 2.18. The Labute approximate surface area is 180 Å². The number of anilines is 1. The highest BCUT2D eigenvalue weighted by atomic mass is 32.2. The molecule has 0 radical (unpaired) electrons. The fourth-order valence-electron chi connectivity index (χ4n) is 2.86. The summed E-state index contributed by atoms with van der Waals surface area (Å²) < 4.78 is 13.0. The number of thioether (sulfide) groups is 1. The maximum absolute atomic E-state index is 12.3. The number of carbonyl (C=O) groups is 1. The summed E-state index contributed by atoms with van der Waals surface area (Å²) >= 11 is 1.34. The third-order valence-electron chi connectivity index (χ3n) is 4.73. The molecule has 7 nitrogen and oxygen atoms in total. The van der Waals surface area contributed by atoms with Crippen molar-refractivity contribution in [1.82, 2.24) is 14.8 Å². The van der Waals surface area contributed by atoms with Crippen molar-refractivity contribution in [2.45, 2.75) is 32.0 Å². The number of nitrogens with one attached hydrogen (secondary N) is 1. The van der Waals surface area contributed by atoms with Crippen LogP contribution in [-0.2, 0) is 11.8 Å². The van der Waals surface area contributed by atoms with Gasteiger partial charge in [0.15, 0.2) is 17.1 Å². The van der Waals surface area contributed by atoms with Gasteiger partial charge in [0.25, 0.3) is 0 Å². The van der Waals surface area contributed by atoms with E-state index in [4.69, 9.17) is 9.47 Å². The van der Waals surface area contributed by atoms with Gasteiger partial charge in [-0.3, -0.25) is 4.79 Å². The van der Waals surface area contributed by atoms with Gasteiger partial charge in [-0.1, -0.05) is 17.8 Å². The van der Waals surface area contributed by atoms with Gasteiger partial charge < -0.3 is 19.4 Å². The molecule has 1 N–H and O–H groups in total. The smallest absolute Gasteiger partial charge is 0.234 e. The van der Waals surface area contributed by atoms with Crippen LogP contribution >= 0.6 is 11.8 Å². The van der Waals surface area contributed by atoms with Crippen LogP contribution in [-0.4, -0.2) is 33.5 Å². The largest absolute Gasteiger partial charge is 0.497 e. The van der Waals surface area contributed by atoms with Crippen molar-refractivity contribution < 1.29 is 14.3 Å². The maximum atomic E-state index is 12.3. The van der Waals surface area contributed by atoms with Gasteiger partial charge in [0.05, 0.1) is 12.9 Å². The van der Waals surface area contributed by atoms with E-state index in [1.54, 1.807) is 7.11 Å². The molecule has 1 atom stereocenters. The quantitative estimate of drug-likeness (QED) is 0.541. The van der Waals surface area contributed by atoms with Crippen LogP contribution in [0.5, 0.6) is 11.5 Å². The Morgan fingerprint density at radius 1 is 1.10 bits per heavy atom. The van der Waals surface area contributed by atoms with Crippen LogP contribution in [0.2, 0.25) is 0 Å². The van der Waals surface area contributed by atoms with Crippen molar-refractivity contribution in [2.24, 2.45) is 7.05 Å². The molecule has 158 valence electrons. The van der Waals surface area contributed by atoms with E-state index < -0.39 is 0 Å². The number of ether oxygens (including phenoxy) is 2. The first-order valence-corrected chi connectivity index (χ1v) is 10.6. The van der Waals surface area contributed by atoms with Crippen molar-refractivity contribution in [1.29, 1.82) is 0 Å². The van der Waals surface area contributed by atoms with Crippen LogP contribution in [0.3, 0.4) is 0 Å². The van der Waals surface area contributed by atoms with Crippen molar-refractivity contribution in [2.75, 3.05) is 18.2 Å². The Bertz CT molecular complexity index is 1020. The van der Waals surface area contributed by atoms with Gasteiger partial charge in [-0.05, 0) is 68.3 Å². The van der Waals surface area contributed by atoms with Crippen LogP contribution < -0.4 is 14.8 Å². The summed E-state index contributed by atoms with van der Waals surface area (Å²) in [4.78, 5) is 12.3. The molecule has 0 fully saturated rings. The lowest BCUT2D eigenvalue weighted by molar-refractivity contribution is -0.113. The number of aromatic nitrogens is 3. The molecule has 0 saturated heterocycles. The van der Waals surface area contributed by atoms with E-state index in [1.165, 1.54) is 17.3 Å². The number of rotatable bonds is 8. The average molecular weight is 427 g/mol. The van der Waals surface area contributed by atoms with Gasteiger partial charge in [0, 0.05) is 12.7 Å². The standard InChI is InChI=1S/C22H26N4O3S/c1-14-6-7-17(12-15(14)2)23-20(27)13-30-22-25-24-21(26(22)4)16(3)29-19-10-8-18(28-5)9-11-19/h6-12,16H,13H2,1-5H3,(H,23,27). The van der Waals surface area contributed by atoms with Gasteiger partial charge in [-0.15, -0.1) is 10.2 Å². The highest BCUT2D eigenvalue weighted by Crippen LogP contribution is 2.25. The second kappa shape index (κ2) is 9.67. The number of hydrogen-bond donors (Lipinski definition) is 1. The van der Waals surface area contributed by atoms with Crippen LogP contribution in [0, 0.1) is 13.8 Å². The zero-order chi connectivity index (χ0) is 21.7. The minimum Gasteiger partial charge on any atom is -0.497 e. The number of carbonyl (C=O) groups excluding carboxylic acids is 1. The lowest BCUT2D eigenvalue weighted by atomic mass is 10.1. The molecule has 0 aliphatic rings. The molecule has 0 bridgehead atoms. The molecule has 30 heavy (non-hydrogen) atoms. The molecule has 0 aliphatic heterocycles. The summed E-state index contributed by atoms with van der Waals surface area (Å²) in [5.74, 6) is 2.32. The zero-order valence-electron chi connectivity index (χ0n) is 17.8. The molecule has 1 aromatic heterocycles. The van der Waals surface area contributed by atoms with Gasteiger partial charge in [0.2, 0.25) is 5.91 Å². The molecule has 0 aliphatic carbocycles. The summed E-state index contributed by atoms with van der Waals surface area (Å²) in [5.41, 5.74) is 3.13. The zero-order valence-corrected chi connectivity index (χ0v) is 18.6. The van der Waals surface area contributed by atoms with Crippen LogP contribution in [0.1, 0.15) is 30.0 Å². The Kier molecular flexibility index (Phi) is 6.99. The Hall–Kier alpha value is -3.00. The third-order valence-corrected chi connectivity index (χ3v) is 5.75. The van der Waals surface area contributed by atoms with Gasteiger partial charge in [-0.2, -0.15) is 0 Å². The number of hydrogen-bond acceptors (Lipinski definition) is 6. The van der Waals surface area contributed by atoms with Gasteiger partial charge >= 0.3 is 0 Å². The fourth-order valence-corrected chi connectivity index (χ4v) is 3.58. The molecule has 8 heteroatoms. The molecule has 0 spiro atoms. The lowest BCUT2D eigenvalue weighted by Gasteiger charge is -2.14. The second-order valence-corrected chi connectivity index (χ2v) is 7.91. The van der Waals surface area contributed by atoms with E-state index in [9.17, 15) is 4.79 Å². The molecular weight excluding hydrogens is 400 g/mol. The average Bonchev–Trinajstić information content (AvgIpc) is 3.10. The summed E-state index contributed by atoms with van der Waals surface area (Å²) in [5, 5.41) is 12.0. The SMILES string of the molecule is COc1ccc(OC(C)c2nnc(SCC(=O)Nc3ccc(C)c(C)c3)n2C)cc1. The second-order valence-electron chi connectivity index (χ2n) is 6.97. The van der Waals surface area contributed by atoms with Crippen molar-refractivity contribution in [3.05, 3.63) is 59.4 Å². The van der Waals surface area contributed by atoms with E-state index in [0.717, 1.165) is 17.0 Å².